The lowest BCUT2D eigenvalue weighted by Crippen LogP contribution is -1.97. The van der Waals surface area contributed by atoms with Gasteiger partial charge in [0.1, 0.15) is 17.2 Å². The lowest BCUT2D eigenvalue weighted by atomic mass is 10.1. The normalized spacial score (nSPS) is 12.8. The number of aromatic nitrogens is 8. The number of rotatable bonds is 3. The number of hydrogen-bond donors (Lipinski definition) is 2. The number of aryl methyl sites for hydroxylation is 1. The Morgan fingerprint density at radius 2 is 1.94 bits per heavy atom. The highest BCUT2D eigenvalue weighted by Gasteiger charge is 2.20. The predicted molar refractivity (Wildman–Crippen MR) is 113 cm³/mol. The van der Waals surface area contributed by atoms with Crippen LogP contribution in [0.5, 0.6) is 0 Å². The number of H-pyrrole nitrogens is 1. The average molecular weight is 413 g/mol. The van der Waals surface area contributed by atoms with E-state index in [9.17, 15) is 4.39 Å². The van der Waals surface area contributed by atoms with Crippen LogP contribution in [-0.4, -0.2) is 46.7 Å². The fourth-order valence-electron chi connectivity index (χ4n) is 3.76. The van der Waals surface area contributed by atoms with Gasteiger partial charge in [-0.3, -0.25) is 10.1 Å². The first-order valence-electron chi connectivity index (χ1n) is 9.79. The first kappa shape index (κ1) is 17.6. The number of fused-ring (bicyclic) bond motifs is 2. The molecular weight excluding hydrogens is 397 g/mol. The summed E-state index contributed by atoms with van der Waals surface area (Å²) in [6.45, 7) is 3.26. The zero-order chi connectivity index (χ0) is 20.9. The summed E-state index contributed by atoms with van der Waals surface area (Å²) in [5, 5.41) is 19.0. The van der Waals surface area contributed by atoms with Crippen LogP contribution in [0.4, 0.5) is 10.2 Å². The van der Waals surface area contributed by atoms with Crippen LogP contribution >= 0.6 is 0 Å². The average Bonchev–Trinajstić information content (AvgIpc) is 3.52. The number of halogens is 1. The van der Waals surface area contributed by atoms with Crippen molar-refractivity contribution in [3.63, 3.8) is 0 Å². The van der Waals surface area contributed by atoms with E-state index in [0.717, 1.165) is 46.8 Å². The highest BCUT2D eigenvalue weighted by Crippen LogP contribution is 2.32. The van der Waals surface area contributed by atoms with Gasteiger partial charge >= 0.3 is 0 Å². The zero-order valence-corrected chi connectivity index (χ0v) is 16.5. The third-order valence-electron chi connectivity index (χ3n) is 5.34. The van der Waals surface area contributed by atoms with Gasteiger partial charge in [-0.1, -0.05) is 5.21 Å². The Hall–Kier alpha value is -4.21. The molecule has 31 heavy (non-hydrogen) atoms. The number of nitrogens with zero attached hydrogens (tertiary/aromatic N) is 7. The molecule has 9 nitrogen and oxygen atoms in total. The van der Waals surface area contributed by atoms with Crippen LogP contribution in [-0.2, 0) is 6.54 Å². The third kappa shape index (κ3) is 2.83. The topological polar surface area (TPSA) is 110 Å². The largest absolute Gasteiger partial charge is 0.367 e. The molecule has 0 spiro atoms. The summed E-state index contributed by atoms with van der Waals surface area (Å²) in [6.07, 6.45) is 3.54. The van der Waals surface area contributed by atoms with E-state index in [1.54, 1.807) is 25.4 Å². The smallest absolute Gasteiger partial charge is 0.153 e. The van der Waals surface area contributed by atoms with Crippen molar-refractivity contribution in [2.75, 3.05) is 11.9 Å². The number of hydrogen-bond acceptors (Lipinski definition) is 7. The van der Waals surface area contributed by atoms with Crippen LogP contribution in [0.25, 0.3) is 44.9 Å². The van der Waals surface area contributed by atoms with E-state index in [2.05, 4.69) is 35.8 Å². The standard InChI is InChI=1S/C21H16FN9/c1-11-14(22)2-3-17(26-11)20-13(10-25-28-20)15-4-5-16-18(27-15)8-12(9-24-16)19-21-23-6-7-31(21)30-29-19/h2-5,8-10,23H,6-7H2,1H3,(H,25,28). The van der Waals surface area contributed by atoms with Crippen molar-refractivity contribution in [2.24, 2.45) is 0 Å². The summed E-state index contributed by atoms with van der Waals surface area (Å²) in [5.74, 6) is 0.546. The molecule has 0 saturated heterocycles. The van der Waals surface area contributed by atoms with Gasteiger partial charge < -0.3 is 5.32 Å². The molecule has 5 aromatic heterocycles. The Labute approximate surface area is 175 Å². The quantitative estimate of drug-likeness (QED) is 0.467. The van der Waals surface area contributed by atoms with Gasteiger partial charge in [0.2, 0.25) is 0 Å². The summed E-state index contributed by atoms with van der Waals surface area (Å²) in [5.41, 5.74) is 6.10. The van der Waals surface area contributed by atoms with E-state index in [0.29, 0.717) is 22.8 Å². The molecule has 0 unspecified atom stereocenters. The highest BCUT2D eigenvalue weighted by atomic mass is 19.1. The Morgan fingerprint density at radius 1 is 1.03 bits per heavy atom. The Kier molecular flexibility index (Phi) is 3.79. The second-order valence-corrected chi connectivity index (χ2v) is 7.31. The summed E-state index contributed by atoms with van der Waals surface area (Å²) in [7, 11) is 0. The van der Waals surface area contributed by atoms with Crippen LogP contribution in [0.3, 0.4) is 0 Å². The highest BCUT2D eigenvalue weighted by molar-refractivity contribution is 5.86. The van der Waals surface area contributed by atoms with Crippen molar-refractivity contribution >= 4 is 16.9 Å². The summed E-state index contributed by atoms with van der Waals surface area (Å²) in [6, 6.07) is 8.76. The van der Waals surface area contributed by atoms with E-state index < -0.39 is 0 Å². The van der Waals surface area contributed by atoms with Gasteiger partial charge in [0.25, 0.3) is 0 Å². The second kappa shape index (κ2) is 6.66. The van der Waals surface area contributed by atoms with E-state index in [4.69, 9.17) is 4.98 Å². The second-order valence-electron chi connectivity index (χ2n) is 7.31. The first-order chi connectivity index (χ1) is 15.2. The molecule has 10 heteroatoms. The zero-order valence-electron chi connectivity index (χ0n) is 16.5. The molecule has 6 rings (SSSR count). The van der Waals surface area contributed by atoms with E-state index in [1.165, 1.54) is 6.07 Å². The maximum Gasteiger partial charge on any atom is 0.153 e. The molecule has 0 saturated carbocycles. The van der Waals surface area contributed by atoms with E-state index >= 15 is 0 Å². The minimum absolute atomic E-state index is 0.321. The monoisotopic (exact) mass is 413 g/mol. The Morgan fingerprint density at radius 3 is 2.84 bits per heavy atom. The Bertz CT molecular complexity index is 1450. The van der Waals surface area contributed by atoms with E-state index in [1.807, 2.05) is 22.9 Å². The molecule has 0 aliphatic carbocycles. The molecule has 152 valence electrons. The molecule has 1 aliphatic heterocycles. The molecular formula is C21H16FN9. The van der Waals surface area contributed by atoms with Crippen molar-refractivity contribution in [2.45, 2.75) is 13.5 Å². The van der Waals surface area contributed by atoms with Crippen molar-refractivity contribution in [1.29, 1.82) is 0 Å². The number of aromatic amines is 1. The number of nitrogens with one attached hydrogen (secondary N) is 2. The molecule has 0 fully saturated rings. The number of pyridine rings is 3. The van der Waals surface area contributed by atoms with Crippen LogP contribution < -0.4 is 5.32 Å². The molecule has 2 N–H and O–H groups in total. The predicted octanol–water partition coefficient (Wildman–Crippen LogP) is 3.21. The van der Waals surface area contributed by atoms with Crippen LogP contribution in [0, 0.1) is 12.7 Å². The van der Waals surface area contributed by atoms with E-state index in [-0.39, 0.29) is 5.82 Å². The molecule has 0 atom stereocenters. The van der Waals surface area contributed by atoms with Crippen molar-refractivity contribution in [3.05, 3.63) is 54.2 Å². The molecule has 0 radical (unpaired) electrons. The fourth-order valence-corrected chi connectivity index (χ4v) is 3.76. The molecule has 0 bridgehead atoms. The van der Waals surface area contributed by atoms with Crippen molar-refractivity contribution in [1.82, 2.24) is 40.1 Å². The minimum atomic E-state index is -0.349. The molecule has 6 heterocycles. The fraction of sp³-hybridized carbons (Fsp3) is 0.143. The third-order valence-corrected chi connectivity index (χ3v) is 5.34. The molecule has 0 aromatic carbocycles. The lowest BCUT2D eigenvalue weighted by Gasteiger charge is -2.06. The summed E-state index contributed by atoms with van der Waals surface area (Å²) < 4.78 is 15.5. The van der Waals surface area contributed by atoms with Crippen LogP contribution in [0.15, 0.2) is 42.7 Å². The maximum absolute atomic E-state index is 13.7. The van der Waals surface area contributed by atoms with Crippen LogP contribution in [0.2, 0.25) is 0 Å². The van der Waals surface area contributed by atoms with Gasteiger partial charge in [0.05, 0.1) is 34.7 Å². The molecule has 5 aromatic rings. The van der Waals surface area contributed by atoms with Gasteiger partial charge in [-0.2, -0.15) is 5.10 Å². The number of anilines is 1. The molecule has 0 amide bonds. The maximum atomic E-state index is 13.7. The first-order valence-corrected chi connectivity index (χ1v) is 9.79. The SMILES string of the molecule is Cc1nc(-c2n[nH]cc2-c2ccc3ncc(-c4nnn5c4NCC5)cc3n2)ccc1F. The van der Waals surface area contributed by atoms with Crippen molar-refractivity contribution in [3.8, 4) is 33.9 Å². The minimum Gasteiger partial charge on any atom is -0.367 e. The van der Waals surface area contributed by atoms with Crippen molar-refractivity contribution < 1.29 is 4.39 Å². The van der Waals surface area contributed by atoms with Gasteiger partial charge in [-0.25, -0.2) is 19.0 Å². The van der Waals surface area contributed by atoms with Gasteiger partial charge in [-0.15, -0.1) is 5.10 Å². The molecule has 1 aliphatic rings. The van der Waals surface area contributed by atoms with Crippen LogP contribution in [0.1, 0.15) is 5.69 Å². The van der Waals surface area contributed by atoms with Gasteiger partial charge in [0, 0.05) is 30.1 Å². The summed E-state index contributed by atoms with van der Waals surface area (Å²) >= 11 is 0. The van der Waals surface area contributed by atoms with Gasteiger partial charge in [0.15, 0.2) is 5.82 Å². The lowest BCUT2D eigenvalue weighted by molar-refractivity contribution is 0.610. The summed E-state index contributed by atoms with van der Waals surface area (Å²) in [4.78, 5) is 13.7. The Balaban J connectivity index is 1.45. The van der Waals surface area contributed by atoms with Gasteiger partial charge in [-0.05, 0) is 37.3 Å².